The normalized spacial score (nSPS) is 16.6. The Balaban J connectivity index is 0.000000553. The average Bonchev–Trinajstić information content (AvgIpc) is 2.49. The Morgan fingerprint density at radius 1 is 0.867 bits per heavy atom. The van der Waals surface area contributed by atoms with Crippen LogP contribution in [0.25, 0.3) is 6.08 Å². The summed E-state index contributed by atoms with van der Waals surface area (Å²) in [6, 6.07) is 4.57. The van der Waals surface area contributed by atoms with E-state index in [2.05, 4.69) is 82.0 Å². The first-order valence-electron chi connectivity index (χ1n) is 9.23. The van der Waals surface area contributed by atoms with E-state index in [1.165, 1.54) is 44.7 Å². The van der Waals surface area contributed by atoms with E-state index in [4.69, 9.17) is 0 Å². The molecule has 0 aliphatic heterocycles. The fourth-order valence-corrected chi connectivity index (χ4v) is 3.18. The predicted molar refractivity (Wildman–Crippen MR) is 115 cm³/mol. The molecule has 0 amide bonds. The number of allylic oxidation sites excluding steroid dienone is 5. The monoisotopic (exact) mass is 454 g/mol. The van der Waals surface area contributed by atoms with E-state index in [-0.39, 0.29) is 0 Å². The summed E-state index contributed by atoms with van der Waals surface area (Å²) in [6.07, 6.45) is 6.87. The van der Waals surface area contributed by atoms with Crippen LogP contribution in [0.15, 0.2) is 41.0 Å². The zero-order valence-electron chi connectivity index (χ0n) is 18.3. The molecule has 2 nitrogen and oxygen atoms in total. The van der Waals surface area contributed by atoms with Crippen LogP contribution in [-0.2, 0) is 6.54 Å². The second-order valence-electron chi connectivity index (χ2n) is 7.66. The van der Waals surface area contributed by atoms with Crippen LogP contribution in [0.4, 0.5) is 25.2 Å². The van der Waals surface area contributed by atoms with E-state index in [9.17, 15) is 25.2 Å². The molecule has 1 N–H and O–H groups in total. The molecule has 0 aromatic heterocycles. The van der Waals surface area contributed by atoms with Gasteiger partial charge in [-0.1, -0.05) is 12.1 Å². The summed E-state index contributed by atoms with van der Waals surface area (Å²) in [5.74, 6) is 0. The molecule has 0 bridgehead atoms. The number of hydrogen-bond donors (Lipinski definition) is 1. The average molecular weight is 454 g/mol. The van der Waals surface area contributed by atoms with Gasteiger partial charge in [0.05, 0.1) is 0 Å². The van der Waals surface area contributed by atoms with Crippen LogP contribution in [-0.4, -0.2) is 31.4 Å². The molecule has 0 spiro atoms. The number of rotatable bonds is 3. The summed E-state index contributed by atoms with van der Waals surface area (Å²) < 4.78 is 61.4. The van der Waals surface area contributed by atoms with Crippen LogP contribution in [0.1, 0.15) is 36.1 Å². The summed E-state index contributed by atoms with van der Waals surface area (Å²) in [7, 11) is -4.49. The predicted octanol–water partition coefficient (Wildman–Crippen LogP) is 7.41. The molecule has 9 heteroatoms. The minimum atomic E-state index is -10.7. The molecule has 0 atom stereocenters. The van der Waals surface area contributed by atoms with Crippen LogP contribution in [0.2, 0.25) is 0 Å². The van der Waals surface area contributed by atoms with Crippen molar-refractivity contribution < 1.29 is 29.8 Å². The molecule has 2 rings (SSSR count). The van der Waals surface area contributed by atoms with E-state index in [1.54, 1.807) is 0 Å². The molecule has 0 saturated heterocycles. The summed E-state index contributed by atoms with van der Waals surface area (Å²) in [6.45, 7) is 9.73. The van der Waals surface area contributed by atoms with E-state index in [0.717, 1.165) is 6.54 Å². The van der Waals surface area contributed by atoms with Crippen molar-refractivity contribution in [2.45, 2.75) is 34.2 Å². The minimum absolute atomic E-state index is 0.914. The van der Waals surface area contributed by atoms with E-state index < -0.39 is 7.81 Å². The summed E-state index contributed by atoms with van der Waals surface area (Å²) in [5, 5.41) is 3.23. The maximum atomic E-state index is 9.87. The molecule has 1 aromatic rings. The van der Waals surface area contributed by atoms with Gasteiger partial charge in [-0.25, -0.2) is 4.58 Å². The van der Waals surface area contributed by atoms with Gasteiger partial charge in [-0.2, -0.15) is 0 Å². The Morgan fingerprint density at radius 2 is 1.27 bits per heavy atom. The molecule has 170 valence electrons. The second kappa shape index (κ2) is 8.31. The molecule has 1 aromatic carbocycles. The fourth-order valence-electron chi connectivity index (χ4n) is 3.18. The number of benzene rings is 1. The van der Waals surface area contributed by atoms with E-state index in [0.29, 0.717) is 0 Å². The van der Waals surface area contributed by atoms with E-state index in [1.807, 2.05) is 7.05 Å². The van der Waals surface area contributed by atoms with Gasteiger partial charge in [-0.05, 0) is 79.8 Å². The van der Waals surface area contributed by atoms with Crippen LogP contribution >= 0.6 is 7.81 Å². The molecule has 0 heterocycles. The van der Waals surface area contributed by atoms with E-state index >= 15 is 0 Å². The van der Waals surface area contributed by atoms with Crippen LogP contribution < -0.4 is 5.32 Å². The van der Waals surface area contributed by atoms with Gasteiger partial charge in [0.25, 0.3) is 0 Å². The molecule has 0 unspecified atom stereocenters. The molecule has 0 radical (unpaired) electrons. The van der Waals surface area contributed by atoms with Gasteiger partial charge < -0.3 is 5.32 Å². The third-order valence-electron chi connectivity index (χ3n) is 4.42. The molecular formula is C21H29F6N2P. The van der Waals surface area contributed by atoms with Gasteiger partial charge in [0, 0.05) is 18.7 Å². The Hall–Kier alpha value is -1.92. The SMILES string of the molecule is CNCc1cc(C)c(C=C2C(C)=CC(=[N+](C)C)C=C2C)c(C)c1.F[P-](F)(F)(F)(F)F. The van der Waals surface area contributed by atoms with Crippen molar-refractivity contribution in [2.75, 3.05) is 21.1 Å². The maximum absolute atomic E-state index is 10.7. The Kier molecular flexibility index (Phi) is 7.23. The quantitative estimate of drug-likeness (QED) is 0.286. The summed E-state index contributed by atoms with van der Waals surface area (Å²) in [5.41, 5.74) is 10.6. The first-order valence-corrected chi connectivity index (χ1v) is 11.3. The zero-order valence-corrected chi connectivity index (χ0v) is 19.2. The zero-order chi connectivity index (χ0) is 23.6. The van der Waals surface area contributed by atoms with Gasteiger partial charge in [0.2, 0.25) is 0 Å². The van der Waals surface area contributed by atoms with Crippen LogP contribution in [0, 0.1) is 13.8 Å². The third kappa shape index (κ3) is 9.72. The van der Waals surface area contributed by atoms with Crippen molar-refractivity contribution in [2.24, 2.45) is 0 Å². The fraction of sp³-hybridized carbons (Fsp3) is 0.381. The van der Waals surface area contributed by atoms with Crippen molar-refractivity contribution >= 4 is 19.6 Å². The van der Waals surface area contributed by atoms with Crippen LogP contribution in [0.5, 0.6) is 0 Å². The van der Waals surface area contributed by atoms with Crippen molar-refractivity contribution in [3.8, 4) is 0 Å². The molecule has 0 saturated carbocycles. The number of aryl methyl sites for hydroxylation is 2. The third-order valence-corrected chi connectivity index (χ3v) is 4.42. The van der Waals surface area contributed by atoms with Crippen molar-refractivity contribution in [1.29, 1.82) is 0 Å². The van der Waals surface area contributed by atoms with Gasteiger partial charge in [0.15, 0.2) is 5.71 Å². The number of nitrogens with zero attached hydrogens (tertiary/aromatic N) is 1. The second-order valence-corrected chi connectivity index (χ2v) is 9.58. The van der Waals surface area contributed by atoms with Gasteiger partial charge in [0.1, 0.15) is 14.1 Å². The van der Waals surface area contributed by atoms with Crippen LogP contribution in [0.3, 0.4) is 0 Å². The molecule has 1 aliphatic carbocycles. The van der Waals surface area contributed by atoms with Crippen molar-refractivity contribution in [3.63, 3.8) is 0 Å². The number of halogens is 6. The first-order chi connectivity index (χ1) is 13.3. The number of hydrogen-bond acceptors (Lipinski definition) is 1. The molecule has 0 fully saturated rings. The van der Waals surface area contributed by atoms with Crippen molar-refractivity contribution in [1.82, 2.24) is 5.32 Å². The van der Waals surface area contributed by atoms with Gasteiger partial charge in [-0.15, -0.1) is 0 Å². The Morgan fingerprint density at radius 3 is 1.60 bits per heavy atom. The summed E-state index contributed by atoms with van der Waals surface area (Å²) in [4.78, 5) is 0. The number of nitrogens with one attached hydrogen (secondary N) is 1. The molecule has 1 aliphatic rings. The molecule has 30 heavy (non-hydrogen) atoms. The standard InChI is InChI=1S/C21H29N2.F6P/c1-14-8-18(13-22-5)9-15(2)20(14)12-21-16(3)10-19(23(6)7)11-17(21)4;1-7(2,3,4,5)6/h8-12,22H,13H2,1-7H3;/q+1;-1. The molecular weight excluding hydrogens is 425 g/mol. The summed E-state index contributed by atoms with van der Waals surface area (Å²) >= 11 is 0. The van der Waals surface area contributed by atoms with Gasteiger partial charge in [-0.3, -0.25) is 0 Å². The Labute approximate surface area is 173 Å². The first kappa shape index (κ1) is 26.1. The van der Waals surface area contributed by atoms with Crippen molar-refractivity contribution in [3.05, 3.63) is 63.3 Å². The topological polar surface area (TPSA) is 15.0 Å². The van der Waals surface area contributed by atoms with Gasteiger partial charge >= 0.3 is 33.0 Å². The Bertz CT molecular complexity index is 890.